The number of hydrogen-bond donors (Lipinski definition) is 0. The van der Waals surface area contributed by atoms with Crippen molar-refractivity contribution < 1.29 is 14.3 Å². The summed E-state index contributed by atoms with van der Waals surface area (Å²) < 4.78 is 11.6. The van der Waals surface area contributed by atoms with E-state index in [1.807, 2.05) is 6.08 Å². The molecule has 3 nitrogen and oxygen atoms in total. The molecule has 1 heterocycles. The lowest BCUT2D eigenvalue weighted by molar-refractivity contribution is -0.198. The van der Waals surface area contributed by atoms with E-state index in [9.17, 15) is 4.79 Å². The SMILES string of the molecule is C=CCC[C@H]1C[C@H](CC=O)CC2(C1)OCCO2. The molecule has 0 aromatic rings. The van der Waals surface area contributed by atoms with Crippen LogP contribution in [-0.2, 0) is 14.3 Å². The fourth-order valence-corrected chi connectivity index (χ4v) is 3.22. The number of carbonyl (C=O) groups excluding carboxylic acids is 1. The van der Waals surface area contributed by atoms with Gasteiger partial charge in [-0.3, -0.25) is 0 Å². The highest BCUT2D eigenvalue weighted by molar-refractivity contribution is 5.49. The Bertz CT molecular complexity index is 269. The molecule has 0 amide bonds. The average Bonchev–Trinajstić information content (AvgIpc) is 2.74. The summed E-state index contributed by atoms with van der Waals surface area (Å²) in [6, 6.07) is 0. The predicted molar refractivity (Wildman–Crippen MR) is 65.6 cm³/mol. The Labute approximate surface area is 103 Å². The second kappa shape index (κ2) is 5.78. The van der Waals surface area contributed by atoms with Crippen molar-refractivity contribution in [1.82, 2.24) is 0 Å². The van der Waals surface area contributed by atoms with Crippen molar-refractivity contribution in [3.63, 3.8) is 0 Å². The Balaban J connectivity index is 1.98. The minimum absolute atomic E-state index is 0.377. The van der Waals surface area contributed by atoms with E-state index in [2.05, 4.69) is 6.58 Å². The molecule has 2 aliphatic rings. The molecule has 17 heavy (non-hydrogen) atoms. The molecule has 2 rings (SSSR count). The summed E-state index contributed by atoms with van der Waals surface area (Å²) in [5.74, 6) is 0.650. The van der Waals surface area contributed by atoms with Crippen LogP contribution < -0.4 is 0 Å². The highest BCUT2D eigenvalue weighted by Crippen LogP contribution is 2.44. The van der Waals surface area contributed by atoms with Gasteiger partial charge in [0.2, 0.25) is 0 Å². The first-order chi connectivity index (χ1) is 8.28. The van der Waals surface area contributed by atoms with Gasteiger partial charge < -0.3 is 14.3 Å². The monoisotopic (exact) mass is 238 g/mol. The van der Waals surface area contributed by atoms with Crippen molar-refractivity contribution in [2.75, 3.05) is 13.2 Å². The van der Waals surface area contributed by atoms with E-state index in [1.54, 1.807) is 0 Å². The molecule has 0 aromatic heterocycles. The number of hydrogen-bond acceptors (Lipinski definition) is 3. The van der Waals surface area contributed by atoms with Crippen molar-refractivity contribution in [1.29, 1.82) is 0 Å². The molecule has 96 valence electrons. The molecule has 3 heteroatoms. The highest BCUT2D eigenvalue weighted by atomic mass is 16.7. The van der Waals surface area contributed by atoms with Gasteiger partial charge in [0, 0.05) is 19.3 Å². The molecule has 2 atom stereocenters. The van der Waals surface area contributed by atoms with Gasteiger partial charge in [-0.05, 0) is 31.1 Å². The van der Waals surface area contributed by atoms with Crippen LogP contribution in [0.25, 0.3) is 0 Å². The molecule has 0 unspecified atom stereocenters. The van der Waals surface area contributed by atoms with Crippen LogP contribution in [0.15, 0.2) is 12.7 Å². The van der Waals surface area contributed by atoms with E-state index < -0.39 is 0 Å². The van der Waals surface area contributed by atoms with Crippen LogP contribution in [0.1, 0.15) is 38.5 Å². The minimum Gasteiger partial charge on any atom is -0.348 e. The molecular formula is C14H22O3. The van der Waals surface area contributed by atoms with Crippen LogP contribution in [0.4, 0.5) is 0 Å². The highest BCUT2D eigenvalue weighted by Gasteiger charge is 2.44. The predicted octanol–water partition coefficient (Wildman–Crippen LogP) is 2.70. The van der Waals surface area contributed by atoms with E-state index >= 15 is 0 Å². The van der Waals surface area contributed by atoms with Crippen LogP contribution in [-0.4, -0.2) is 25.3 Å². The second-order valence-corrected chi connectivity index (χ2v) is 5.25. The Morgan fingerprint density at radius 2 is 1.94 bits per heavy atom. The van der Waals surface area contributed by atoms with E-state index in [-0.39, 0.29) is 5.79 Å². The summed E-state index contributed by atoms with van der Waals surface area (Å²) in [7, 11) is 0. The standard InChI is InChI=1S/C14H22O3/c1-2-3-4-12-9-13(5-6-15)11-14(10-12)16-7-8-17-14/h2,6,12-13H,1,3-5,7-11H2/t12-,13-/m0/s1. The molecule has 1 aliphatic carbocycles. The molecular weight excluding hydrogens is 216 g/mol. The number of ether oxygens (including phenoxy) is 2. The maximum Gasteiger partial charge on any atom is 0.169 e. The quantitative estimate of drug-likeness (QED) is 0.545. The fourth-order valence-electron chi connectivity index (χ4n) is 3.22. The maximum absolute atomic E-state index is 10.7. The van der Waals surface area contributed by atoms with Gasteiger partial charge in [-0.1, -0.05) is 6.08 Å². The average molecular weight is 238 g/mol. The van der Waals surface area contributed by atoms with E-state index in [0.29, 0.717) is 31.5 Å². The molecule has 1 saturated heterocycles. The molecule has 1 aliphatic heterocycles. The third-order valence-corrected chi connectivity index (χ3v) is 3.89. The molecule has 0 radical (unpaired) electrons. The lowest BCUT2D eigenvalue weighted by atomic mass is 9.75. The van der Waals surface area contributed by atoms with Gasteiger partial charge in [0.1, 0.15) is 6.29 Å². The van der Waals surface area contributed by atoms with Crippen molar-refractivity contribution in [2.24, 2.45) is 11.8 Å². The van der Waals surface area contributed by atoms with Gasteiger partial charge in [-0.2, -0.15) is 0 Å². The van der Waals surface area contributed by atoms with E-state index in [4.69, 9.17) is 9.47 Å². The largest absolute Gasteiger partial charge is 0.348 e. The molecule has 0 aromatic carbocycles. The summed E-state index contributed by atoms with van der Waals surface area (Å²) in [5.41, 5.74) is 0. The van der Waals surface area contributed by atoms with Gasteiger partial charge in [0.15, 0.2) is 5.79 Å². The van der Waals surface area contributed by atoms with E-state index in [0.717, 1.165) is 38.4 Å². The third kappa shape index (κ3) is 3.17. The first-order valence-corrected chi connectivity index (χ1v) is 6.60. The topological polar surface area (TPSA) is 35.5 Å². The third-order valence-electron chi connectivity index (χ3n) is 3.89. The summed E-state index contributed by atoms with van der Waals surface area (Å²) >= 11 is 0. The maximum atomic E-state index is 10.7. The number of rotatable bonds is 5. The molecule has 1 saturated carbocycles. The normalized spacial score (nSPS) is 31.5. The summed E-state index contributed by atoms with van der Waals surface area (Å²) in [5, 5.41) is 0. The Morgan fingerprint density at radius 3 is 2.59 bits per heavy atom. The van der Waals surface area contributed by atoms with Crippen LogP contribution in [0.5, 0.6) is 0 Å². The van der Waals surface area contributed by atoms with Gasteiger partial charge in [0.05, 0.1) is 13.2 Å². The molecule has 0 bridgehead atoms. The van der Waals surface area contributed by atoms with Gasteiger partial charge in [0.25, 0.3) is 0 Å². The summed E-state index contributed by atoms with van der Waals surface area (Å²) in [4.78, 5) is 10.7. The number of allylic oxidation sites excluding steroid dienone is 1. The van der Waals surface area contributed by atoms with Crippen molar-refractivity contribution in [3.8, 4) is 0 Å². The van der Waals surface area contributed by atoms with Gasteiger partial charge >= 0.3 is 0 Å². The van der Waals surface area contributed by atoms with Crippen LogP contribution >= 0.6 is 0 Å². The first kappa shape index (κ1) is 12.8. The van der Waals surface area contributed by atoms with Crippen LogP contribution in [0.2, 0.25) is 0 Å². The number of carbonyl (C=O) groups is 1. The van der Waals surface area contributed by atoms with Crippen LogP contribution in [0.3, 0.4) is 0 Å². The lowest BCUT2D eigenvalue weighted by Crippen LogP contribution is -2.40. The molecule has 0 N–H and O–H groups in total. The Kier molecular flexibility index (Phi) is 4.35. The van der Waals surface area contributed by atoms with Gasteiger partial charge in [-0.15, -0.1) is 6.58 Å². The Hall–Kier alpha value is -0.670. The first-order valence-electron chi connectivity index (χ1n) is 6.60. The van der Waals surface area contributed by atoms with Crippen molar-refractivity contribution in [3.05, 3.63) is 12.7 Å². The van der Waals surface area contributed by atoms with Crippen LogP contribution in [0, 0.1) is 11.8 Å². The van der Waals surface area contributed by atoms with Gasteiger partial charge in [-0.25, -0.2) is 0 Å². The Morgan fingerprint density at radius 1 is 1.24 bits per heavy atom. The zero-order valence-electron chi connectivity index (χ0n) is 10.4. The molecule has 1 spiro atoms. The second-order valence-electron chi connectivity index (χ2n) is 5.25. The number of aldehydes is 1. The fraction of sp³-hybridized carbons (Fsp3) is 0.786. The lowest BCUT2D eigenvalue weighted by Gasteiger charge is -2.40. The minimum atomic E-state index is -0.377. The zero-order chi connectivity index (χ0) is 12.1. The molecule has 2 fully saturated rings. The smallest absolute Gasteiger partial charge is 0.169 e. The van der Waals surface area contributed by atoms with Crippen molar-refractivity contribution >= 4 is 6.29 Å². The summed E-state index contributed by atoms with van der Waals surface area (Å²) in [6.45, 7) is 5.16. The van der Waals surface area contributed by atoms with E-state index in [1.165, 1.54) is 0 Å². The summed E-state index contributed by atoms with van der Waals surface area (Å²) in [6.07, 6.45) is 8.80. The zero-order valence-corrected chi connectivity index (χ0v) is 10.4. The van der Waals surface area contributed by atoms with Crippen molar-refractivity contribution in [2.45, 2.75) is 44.3 Å².